The average molecular weight is 358 g/mol. The van der Waals surface area contributed by atoms with Gasteiger partial charge >= 0.3 is 6.03 Å². The first-order chi connectivity index (χ1) is 9.85. The molecule has 0 fully saturated rings. The Bertz CT molecular complexity index is 520. The lowest BCUT2D eigenvalue weighted by Gasteiger charge is -2.18. The summed E-state index contributed by atoms with van der Waals surface area (Å²) < 4.78 is 6.49. The number of ether oxygens (including phenoxy) is 1. The minimum Gasteiger partial charge on any atom is -0.481 e. The molecule has 116 valence electrons. The highest BCUT2D eigenvalue weighted by molar-refractivity contribution is 9.10. The van der Waals surface area contributed by atoms with Crippen LogP contribution in [0.3, 0.4) is 0 Å². The molecular formula is C14H20BrN3O3. The number of hydrogen-bond donors (Lipinski definition) is 3. The first-order valence-electron chi connectivity index (χ1n) is 6.65. The Kier molecular flexibility index (Phi) is 6.64. The Morgan fingerprint density at radius 3 is 2.62 bits per heavy atom. The molecule has 1 aromatic carbocycles. The van der Waals surface area contributed by atoms with E-state index >= 15 is 0 Å². The van der Waals surface area contributed by atoms with Crippen LogP contribution in [-0.4, -0.2) is 24.6 Å². The van der Waals surface area contributed by atoms with Gasteiger partial charge in [0.15, 0.2) is 6.10 Å². The van der Waals surface area contributed by atoms with Gasteiger partial charge in [0.2, 0.25) is 0 Å². The van der Waals surface area contributed by atoms with Crippen LogP contribution in [0.2, 0.25) is 0 Å². The second-order valence-corrected chi connectivity index (χ2v) is 5.50. The van der Waals surface area contributed by atoms with Gasteiger partial charge in [0, 0.05) is 22.6 Å². The van der Waals surface area contributed by atoms with E-state index in [0.717, 1.165) is 10.0 Å². The van der Waals surface area contributed by atoms with Crippen molar-refractivity contribution in [2.24, 2.45) is 5.73 Å². The summed E-state index contributed by atoms with van der Waals surface area (Å²) in [6.45, 7) is 5.60. The van der Waals surface area contributed by atoms with E-state index in [0.29, 0.717) is 12.3 Å². The first kappa shape index (κ1) is 17.5. The number of halogens is 1. The van der Waals surface area contributed by atoms with Crippen molar-refractivity contribution in [3.63, 3.8) is 0 Å². The summed E-state index contributed by atoms with van der Waals surface area (Å²) in [6.07, 6.45) is -0.814. The van der Waals surface area contributed by atoms with Crippen molar-refractivity contribution < 1.29 is 14.3 Å². The van der Waals surface area contributed by atoms with Crippen LogP contribution in [0, 0.1) is 0 Å². The number of carbonyl (C=O) groups is 2. The van der Waals surface area contributed by atoms with Gasteiger partial charge in [-0.25, -0.2) is 4.79 Å². The molecule has 1 aromatic rings. The lowest BCUT2D eigenvalue weighted by molar-refractivity contribution is -0.126. The third-order valence-electron chi connectivity index (χ3n) is 2.71. The summed E-state index contributed by atoms with van der Waals surface area (Å²) >= 11 is 3.37. The Labute approximate surface area is 132 Å². The van der Waals surface area contributed by atoms with Gasteiger partial charge in [-0.2, -0.15) is 0 Å². The van der Waals surface area contributed by atoms with Gasteiger partial charge in [0.1, 0.15) is 5.75 Å². The monoisotopic (exact) mass is 357 g/mol. The van der Waals surface area contributed by atoms with Gasteiger partial charge in [-0.1, -0.05) is 15.9 Å². The van der Waals surface area contributed by atoms with Crippen LogP contribution in [0.5, 0.6) is 5.75 Å². The van der Waals surface area contributed by atoms with Crippen LogP contribution in [0.25, 0.3) is 0 Å². The second kappa shape index (κ2) is 7.99. The molecule has 7 heteroatoms. The number of urea groups is 1. The number of nitrogens with one attached hydrogen (secondary N) is 2. The number of benzene rings is 1. The third kappa shape index (κ3) is 5.35. The van der Waals surface area contributed by atoms with Crippen molar-refractivity contribution in [1.29, 1.82) is 0 Å². The SMILES string of the molecule is CCNC(=O)NC(=O)C(C)Oc1ccc(Br)cc1[C@H](C)N. The summed E-state index contributed by atoms with van der Waals surface area (Å²) in [5, 5.41) is 4.69. The normalized spacial score (nSPS) is 13.2. The van der Waals surface area contributed by atoms with E-state index in [2.05, 4.69) is 26.6 Å². The topological polar surface area (TPSA) is 93.5 Å². The molecule has 0 spiro atoms. The van der Waals surface area contributed by atoms with Crippen molar-refractivity contribution >= 4 is 27.9 Å². The van der Waals surface area contributed by atoms with Crippen LogP contribution in [0.4, 0.5) is 4.79 Å². The molecule has 0 saturated heterocycles. The lowest BCUT2D eigenvalue weighted by atomic mass is 10.1. The molecule has 0 aliphatic rings. The van der Waals surface area contributed by atoms with E-state index in [9.17, 15) is 9.59 Å². The molecule has 0 radical (unpaired) electrons. The predicted octanol–water partition coefficient (Wildman–Crippen LogP) is 2.08. The minimum atomic E-state index is -0.814. The van der Waals surface area contributed by atoms with Crippen molar-refractivity contribution in [2.45, 2.75) is 32.9 Å². The van der Waals surface area contributed by atoms with E-state index in [1.807, 2.05) is 13.0 Å². The molecule has 1 rings (SSSR count). The van der Waals surface area contributed by atoms with Gasteiger partial charge in [-0.15, -0.1) is 0 Å². The third-order valence-corrected chi connectivity index (χ3v) is 3.20. The Morgan fingerprint density at radius 1 is 1.38 bits per heavy atom. The zero-order valence-electron chi connectivity index (χ0n) is 12.3. The van der Waals surface area contributed by atoms with Crippen molar-refractivity contribution in [3.05, 3.63) is 28.2 Å². The zero-order chi connectivity index (χ0) is 16.0. The molecule has 0 saturated carbocycles. The summed E-state index contributed by atoms with van der Waals surface area (Å²) in [6, 6.07) is 4.60. The van der Waals surface area contributed by atoms with Crippen LogP contribution in [-0.2, 0) is 4.79 Å². The van der Waals surface area contributed by atoms with Gasteiger partial charge < -0.3 is 15.8 Å². The average Bonchev–Trinajstić information content (AvgIpc) is 2.40. The maximum atomic E-state index is 11.8. The largest absolute Gasteiger partial charge is 0.481 e. The number of amides is 3. The van der Waals surface area contributed by atoms with Crippen LogP contribution < -0.4 is 21.1 Å². The fourth-order valence-corrected chi connectivity index (χ4v) is 2.02. The molecule has 21 heavy (non-hydrogen) atoms. The Hall–Kier alpha value is -1.60. The first-order valence-corrected chi connectivity index (χ1v) is 7.44. The minimum absolute atomic E-state index is 0.240. The number of hydrogen-bond acceptors (Lipinski definition) is 4. The molecule has 1 unspecified atom stereocenters. The van der Waals surface area contributed by atoms with Gasteiger partial charge in [0.05, 0.1) is 0 Å². The summed E-state index contributed by atoms with van der Waals surface area (Å²) in [5.41, 5.74) is 6.67. The second-order valence-electron chi connectivity index (χ2n) is 4.58. The predicted molar refractivity (Wildman–Crippen MR) is 84.0 cm³/mol. The van der Waals surface area contributed by atoms with Gasteiger partial charge in [-0.3, -0.25) is 10.1 Å². The maximum Gasteiger partial charge on any atom is 0.321 e. The maximum absolute atomic E-state index is 11.8. The summed E-state index contributed by atoms with van der Waals surface area (Å²) in [4.78, 5) is 23.1. The Morgan fingerprint density at radius 2 is 2.05 bits per heavy atom. The lowest BCUT2D eigenvalue weighted by Crippen LogP contribution is -2.45. The number of imide groups is 1. The van der Waals surface area contributed by atoms with E-state index in [1.165, 1.54) is 0 Å². The fourth-order valence-electron chi connectivity index (χ4n) is 1.64. The molecular weight excluding hydrogens is 338 g/mol. The van der Waals surface area contributed by atoms with E-state index in [4.69, 9.17) is 10.5 Å². The molecule has 0 aliphatic carbocycles. The zero-order valence-corrected chi connectivity index (χ0v) is 13.9. The smallest absolute Gasteiger partial charge is 0.321 e. The highest BCUT2D eigenvalue weighted by Gasteiger charge is 2.19. The van der Waals surface area contributed by atoms with Gasteiger partial charge in [-0.05, 0) is 39.0 Å². The molecule has 3 amide bonds. The molecule has 2 atom stereocenters. The highest BCUT2D eigenvalue weighted by atomic mass is 79.9. The van der Waals surface area contributed by atoms with Crippen LogP contribution in [0.15, 0.2) is 22.7 Å². The molecule has 0 aromatic heterocycles. The molecule has 4 N–H and O–H groups in total. The van der Waals surface area contributed by atoms with E-state index in [1.54, 1.807) is 26.0 Å². The summed E-state index contributed by atoms with van der Waals surface area (Å²) in [7, 11) is 0. The van der Waals surface area contributed by atoms with Crippen molar-refractivity contribution in [3.8, 4) is 5.75 Å². The molecule has 6 nitrogen and oxygen atoms in total. The fraction of sp³-hybridized carbons (Fsp3) is 0.429. The molecule has 0 bridgehead atoms. The number of rotatable bonds is 5. The van der Waals surface area contributed by atoms with Crippen molar-refractivity contribution in [2.75, 3.05) is 6.54 Å². The van der Waals surface area contributed by atoms with Crippen molar-refractivity contribution in [1.82, 2.24) is 10.6 Å². The standard InChI is InChI=1S/C14H20BrN3O3/c1-4-17-14(20)18-13(19)9(3)21-12-6-5-10(15)7-11(12)8(2)16/h5-9H,4,16H2,1-3H3,(H2,17,18,19,20)/t8-,9?/m0/s1. The van der Waals surface area contributed by atoms with Gasteiger partial charge in [0.25, 0.3) is 5.91 Å². The number of carbonyl (C=O) groups excluding carboxylic acids is 2. The highest BCUT2D eigenvalue weighted by Crippen LogP contribution is 2.28. The van der Waals surface area contributed by atoms with Crippen LogP contribution >= 0.6 is 15.9 Å². The van der Waals surface area contributed by atoms with Crippen LogP contribution in [0.1, 0.15) is 32.4 Å². The summed E-state index contributed by atoms with van der Waals surface area (Å²) in [5.74, 6) is 0.00578. The molecule has 0 heterocycles. The number of nitrogens with two attached hydrogens (primary N) is 1. The quantitative estimate of drug-likeness (QED) is 0.751. The Balaban J connectivity index is 2.76. The van der Waals surface area contributed by atoms with E-state index < -0.39 is 18.0 Å². The molecule has 0 aliphatic heterocycles. The van der Waals surface area contributed by atoms with E-state index in [-0.39, 0.29) is 6.04 Å².